The lowest BCUT2D eigenvalue weighted by Gasteiger charge is -2.06. The second kappa shape index (κ2) is 17.7. The van der Waals surface area contributed by atoms with Gasteiger partial charge in [0, 0.05) is 6.42 Å². The minimum absolute atomic E-state index is 0.0847. The molecule has 4 nitrogen and oxygen atoms in total. The summed E-state index contributed by atoms with van der Waals surface area (Å²) in [6.45, 7) is 2.21. The second-order valence-corrected chi connectivity index (χ2v) is 5.65. The van der Waals surface area contributed by atoms with Gasteiger partial charge in [-0.1, -0.05) is 68.4 Å². The molecule has 0 fully saturated rings. The predicted molar refractivity (Wildman–Crippen MR) is 98.9 cm³/mol. The van der Waals surface area contributed by atoms with Gasteiger partial charge in [0.1, 0.15) is 6.10 Å². The molecular formula is C20H32O4. The number of carboxylic acids is 1. The summed E-state index contributed by atoms with van der Waals surface area (Å²) in [5, 5.41) is 17.3. The molecule has 0 amide bonds. The zero-order chi connectivity index (χ0) is 17.9. The Kier molecular flexibility index (Phi) is 16.5. The van der Waals surface area contributed by atoms with Crippen molar-refractivity contribution in [2.75, 3.05) is 0 Å². The molecule has 0 aromatic carbocycles. The monoisotopic (exact) mass is 336 g/mol. The average Bonchev–Trinajstić information content (AvgIpc) is 2.57. The maximum atomic E-state index is 10.4. The van der Waals surface area contributed by atoms with E-state index < -0.39 is 12.1 Å². The molecular weight excluding hydrogens is 304 g/mol. The average molecular weight is 336 g/mol. The van der Waals surface area contributed by atoms with Crippen molar-refractivity contribution >= 4 is 5.97 Å². The fraction of sp³-hybridized carbons (Fsp3) is 0.550. The van der Waals surface area contributed by atoms with Crippen molar-refractivity contribution in [3.8, 4) is 0 Å². The Hall–Kier alpha value is -1.65. The first-order valence-corrected chi connectivity index (χ1v) is 8.86. The molecule has 1 atom stereocenters. The van der Waals surface area contributed by atoms with Gasteiger partial charge in [0.15, 0.2) is 0 Å². The second-order valence-electron chi connectivity index (χ2n) is 5.65. The first-order chi connectivity index (χ1) is 11.7. The maximum absolute atomic E-state index is 10.4. The highest BCUT2D eigenvalue weighted by molar-refractivity contribution is 5.66. The van der Waals surface area contributed by atoms with Gasteiger partial charge < -0.3 is 5.11 Å². The Morgan fingerprint density at radius 3 is 2.38 bits per heavy atom. The Morgan fingerprint density at radius 2 is 1.71 bits per heavy atom. The van der Waals surface area contributed by atoms with Crippen molar-refractivity contribution in [2.24, 2.45) is 0 Å². The molecule has 0 heterocycles. The molecule has 0 rings (SSSR count). The summed E-state index contributed by atoms with van der Waals surface area (Å²) in [4.78, 5) is 14.7. The summed E-state index contributed by atoms with van der Waals surface area (Å²) in [6.07, 6.45) is 23.6. The van der Waals surface area contributed by atoms with Crippen LogP contribution in [0.4, 0.5) is 0 Å². The molecule has 1 unspecified atom stereocenters. The van der Waals surface area contributed by atoms with Crippen LogP contribution in [0.15, 0.2) is 48.6 Å². The summed E-state index contributed by atoms with van der Waals surface area (Å²) in [5.74, 6) is -0.835. The third-order valence-electron chi connectivity index (χ3n) is 3.44. The fourth-order valence-electron chi connectivity index (χ4n) is 2.06. The van der Waals surface area contributed by atoms with E-state index in [1.54, 1.807) is 6.08 Å². The highest BCUT2D eigenvalue weighted by atomic mass is 17.1. The van der Waals surface area contributed by atoms with Crippen molar-refractivity contribution in [1.82, 2.24) is 0 Å². The smallest absolute Gasteiger partial charge is 0.303 e. The number of unbranched alkanes of at least 4 members (excludes halogenated alkanes) is 3. The Labute approximate surface area is 146 Å². The summed E-state index contributed by atoms with van der Waals surface area (Å²) in [6, 6.07) is 0. The van der Waals surface area contributed by atoms with Crippen LogP contribution in [0.25, 0.3) is 0 Å². The van der Waals surface area contributed by atoms with Gasteiger partial charge in [-0.25, -0.2) is 4.89 Å². The molecule has 0 aromatic heterocycles. The molecule has 0 aromatic rings. The van der Waals surface area contributed by atoms with Crippen LogP contribution in [0.3, 0.4) is 0 Å². The number of aliphatic carboxylic acids is 1. The van der Waals surface area contributed by atoms with E-state index in [9.17, 15) is 4.79 Å². The van der Waals surface area contributed by atoms with Crippen molar-refractivity contribution < 1.29 is 20.0 Å². The molecule has 0 aliphatic heterocycles. The van der Waals surface area contributed by atoms with E-state index >= 15 is 0 Å². The number of hydrogen-bond donors (Lipinski definition) is 2. The quantitative estimate of drug-likeness (QED) is 0.133. The molecule has 0 saturated carbocycles. The first-order valence-electron chi connectivity index (χ1n) is 8.86. The van der Waals surface area contributed by atoms with Gasteiger partial charge in [-0.3, -0.25) is 10.1 Å². The highest BCUT2D eigenvalue weighted by Crippen LogP contribution is 2.06. The van der Waals surface area contributed by atoms with E-state index in [0.717, 1.165) is 12.8 Å². The fourth-order valence-corrected chi connectivity index (χ4v) is 2.06. The minimum atomic E-state index is -0.835. The van der Waals surface area contributed by atoms with Crippen LogP contribution in [-0.2, 0) is 9.68 Å². The zero-order valence-corrected chi connectivity index (χ0v) is 14.8. The van der Waals surface area contributed by atoms with E-state index in [4.69, 9.17) is 10.4 Å². The lowest BCUT2D eigenvalue weighted by atomic mass is 10.1. The van der Waals surface area contributed by atoms with E-state index in [1.807, 2.05) is 18.2 Å². The van der Waals surface area contributed by atoms with Crippen LogP contribution in [0.1, 0.15) is 64.7 Å². The topological polar surface area (TPSA) is 66.8 Å². The molecule has 136 valence electrons. The van der Waals surface area contributed by atoms with E-state index in [-0.39, 0.29) is 6.42 Å². The van der Waals surface area contributed by atoms with Crippen LogP contribution in [-0.4, -0.2) is 22.4 Å². The first kappa shape index (κ1) is 22.4. The number of carbonyl (C=O) groups is 1. The van der Waals surface area contributed by atoms with Crippen molar-refractivity contribution in [2.45, 2.75) is 70.8 Å². The molecule has 0 bridgehead atoms. The normalized spacial score (nSPS) is 13.8. The van der Waals surface area contributed by atoms with Crippen LogP contribution in [0.2, 0.25) is 0 Å². The third-order valence-corrected chi connectivity index (χ3v) is 3.44. The van der Waals surface area contributed by atoms with E-state index in [1.165, 1.54) is 25.7 Å². The summed E-state index contributed by atoms with van der Waals surface area (Å²) < 4.78 is 0. The largest absolute Gasteiger partial charge is 0.481 e. The van der Waals surface area contributed by atoms with Crippen LogP contribution < -0.4 is 0 Å². The summed E-state index contributed by atoms with van der Waals surface area (Å²) >= 11 is 0. The van der Waals surface area contributed by atoms with Crippen molar-refractivity contribution in [3.05, 3.63) is 48.6 Å². The van der Waals surface area contributed by atoms with Gasteiger partial charge in [0.25, 0.3) is 0 Å². The molecule has 4 heteroatoms. The maximum Gasteiger partial charge on any atom is 0.303 e. The SMILES string of the molecule is CCCCC/C=C/C/C=C/C/C=C/C=C/C(CCCC(=O)O)OO. The molecule has 2 N–H and O–H groups in total. The van der Waals surface area contributed by atoms with Crippen molar-refractivity contribution in [3.63, 3.8) is 0 Å². The standard InChI is InChI=1S/C20H32O4/c1-2-3-4-5-6-7-8-9-10-11-12-13-14-16-19(24-23)17-15-18-20(21)22/h6-7,9-10,12-14,16,19,23H,2-5,8,11,15,17-18H2,1H3,(H,21,22)/b7-6+,10-9+,13-12+,16-14+. The molecule has 0 spiro atoms. The van der Waals surface area contributed by atoms with Crippen LogP contribution >= 0.6 is 0 Å². The lowest BCUT2D eigenvalue weighted by molar-refractivity contribution is -0.267. The number of carboxylic acid groups (broad SMARTS) is 1. The van der Waals surface area contributed by atoms with E-state index in [0.29, 0.717) is 12.8 Å². The van der Waals surface area contributed by atoms with Gasteiger partial charge in [-0.15, -0.1) is 0 Å². The van der Waals surface area contributed by atoms with Crippen LogP contribution in [0.5, 0.6) is 0 Å². The molecule has 0 aliphatic rings. The molecule has 0 aliphatic carbocycles. The van der Waals surface area contributed by atoms with Gasteiger partial charge in [0.2, 0.25) is 0 Å². The molecule has 0 radical (unpaired) electrons. The number of allylic oxidation sites excluding steroid dienone is 7. The predicted octanol–water partition coefficient (Wildman–Crippen LogP) is 5.68. The molecule has 24 heavy (non-hydrogen) atoms. The van der Waals surface area contributed by atoms with Gasteiger partial charge >= 0.3 is 5.97 Å². The third kappa shape index (κ3) is 16.7. The van der Waals surface area contributed by atoms with Gasteiger partial charge in [-0.2, -0.15) is 0 Å². The van der Waals surface area contributed by atoms with Crippen LogP contribution in [0, 0.1) is 0 Å². The number of hydrogen-bond acceptors (Lipinski definition) is 3. The molecule has 0 saturated heterocycles. The van der Waals surface area contributed by atoms with Gasteiger partial charge in [-0.05, 0) is 38.5 Å². The summed E-state index contributed by atoms with van der Waals surface area (Å²) in [5.41, 5.74) is 0. The van der Waals surface area contributed by atoms with E-state index in [2.05, 4.69) is 36.1 Å². The Bertz CT molecular complexity index is 408. The zero-order valence-electron chi connectivity index (χ0n) is 14.8. The lowest BCUT2D eigenvalue weighted by Crippen LogP contribution is -2.08. The Morgan fingerprint density at radius 1 is 1.00 bits per heavy atom. The van der Waals surface area contributed by atoms with Crippen molar-refractivity contribution in [1.29, 1.82) is 0 Å². The highest BCUT2D eigenvalue weighted by Gasteiger charge is 2.05. The summed E-state index contributed by atoms with van der Waals surface area (Å²) in [7, 11) is 0. The number of rotatable bonds is 15. The van der Waals surface area contributed by atoms with Gasteiger partial charge in [0.05, 0.1) is 0 Å². The Balaban J connectivity index is 3.74. The minimum Gasteiger partial charge on any atom is -0.481 e.